The van der Waals surface area contributed by atoms with Gasteiger partial charge in [-0.3, -0.25) is 4.79 Å². The summed E-state index contributed by atoms with van der Waals surface area (Å²) in [6.07, 6.45) is 2.74. The summed E-state index contributed by atoms with van der Waals surface area (Å²) in [6.45, 7) is 3.89. The first-order valence-corrected chi connectivity index (χ1v) is 8.94. The quantitative estimate of drug-likeness (QED) is 0.869. The van der Waals surface area contributed by atoms with Crippen molar-refractivity contribution < 1.29 is 4.79 Å². The normalized spacial score (nSPS) is 15.3. The van der Waals surface area contributed by atoms with E-state index in [1.54, 1.807) is 0 Å². The second kappa shape index (κ2) is 7.71. The SMILES string of the molecule is CCc1ccc(NC(=O)C2CCN(c3cccc(Cl)c3)CC2)cc1. The third kappa shape index (κ3) is 4.09. The molecule has 126 valence electrons. The van der Waals surface area contributed by atoms with Crippen LogP contribution in [0, 0.1) is 5.92 Å². The van der Waals surface area contributed by atoms with Crippen molar-refractivity contribution in [3.63, 3.8) is 0 Å². The Morgan fingerprint density at radius 3 is 2.50 bits per heavy atom. The topological polar surface area (TPSA) is 32.3 Å². The second-order valence-electron chi connectivity index (χ2n) is 6.28. The maximum Gasteiger partial charge on any atom is 0.227 e. The number of anilines is 2. The number of nitrogens with one attached hydrogen (secondary N) is 1. The fourth-order valence-electron chi connectivity index (χ4n) is 3.14. The minimum absolute atomic E-state index is 0.0753. The van der Waals surface area contributed by atoms with Gasteiger partial charge in [0.05, 0.1) is 0 Å². The highest BCUT2D eigenvalue weighted by molar-refractivity contribution is 6.30. The molecule has 3 nitrogen and oxygen atoms in total. The summed E-state index contributed by atoms with van der Waals surface area (Å²) < 4.78 is 0. The number of hydrogen-bond acceptors (Lipinski definition) is 2. The lowest BCUT2D eigenvalue weighted by Gasteiger charge is -2.33. The standard InChI is InChI=1S/C20H23ClN2O/c1-2-15-6-8-18(9-7-15)22-20(24)16-10-12-23(13-11-16)19-5-3-4-17(21)14-19/h3-9,14,16H,2,10-13H2,1H3,(H,22,24). The summed E-state index contributed by atoms with van der Waals surface area (Å²) in [4.78, 5) is 14.8. The van der Waals surface area contributed by atoms with E-state index in [9.17, 15) is 4.79 Å². The summed E-state index contributed by atoms with van der Waals surface area (Å²) in [5.41, 5.74) is 3.30. The molecule has 1 heterocycles. The van der Waals surface area contributed by atoms with Crippen molar-refractivity contribution in [3.05, 3.63) is 59.1 Å². The van der Waals surface area contributed by atoms with Crippen molar-refractivity contribution in [2.75, 3.05) is 23.3 Å². The van der Waals surface area contributed by atoms with Crippen LogP contribution < -0.4 is 10.2 Å². The molecule has 1 N–H and O–H groups in total. The van der Waals surface area contributed by atoms with Gasteiger partial charge < -0.3 is 10.2 Å². The molecule has 0 saturated carbocycles. The minimum Gasteiger partial charge on any atom is -0.371 e. The molecule has 2 aromatic carbocycles. The molecule has 0 bridgehead atoms. The number of rotatable bonds is 4. The Morgan fingerprint density at radius 1 is 1.17 bits per heavy atom. The largest absolute Gasteiger partial charge is 0.371 e. The van der Waals surface area contributed by atoms with Crippen LogP contribution in [0.5, 0.6) is 0 Å². The van der Waals surface area contributed by atoms with Crippen molar-refractivity contribution in [2.24, 2.45) is 5.92 Å². The molecule has 0 spiro atoms. The van der Waals surface area contributed by atoms with E-state index >= 15 is 0 Å². The molecule has 1 aliphatic rings. The van der Waals surface area contributed by atoms with E-state index in [4.69, 9.17) is 11.6 Å². The van der Waals surface area contributed by atoms with Crippen molar-refractivity contribution in [3.8, 4) is 0 Å². The lowest BCUT2D eigenvalue weighted by molar-refractivity contribution is -0.120. The van der Waals surface area contributed by atoms with Crippen molar-refractivity contribution >= 4 is 28.9 Å². The zero-order valence-electron chi connectivity index (χ0n) is 14.0. The number of nitrogens with zero attached hydrogens (tertiary/aromatic N) is 1. The van der Waals surface area contributed by atoms with Gasteiger partial charge >= 0.3 is 0 Å². The van der Waals surface area contributed by atoms with Gasteiger partial charge in [-0.2, -0.15) is 0 Å². The van der Waals surface area contributed by atoms with E-state index in [0.717, 1.165) is 48.7 Å². The van der Waals surface area contributed by atoms with Crippen LogP contribution in [0.4, 0.5) is 11.4 Å². The van der Waals surface area contributed by atoms with Gasteiger partial charge in [0.25, 0.3) is 0 Å². The van der Waals surface area contributed by atoms with E-state index in [1.807, 2.05) is 30.3 Å². The van der Waals surface area contributed by atoms with Crippen LogP contribution in [0.2, 0.25) is 5.02 Å². The van der Waals surface area contributed by atoms with Gasteiger partial charge in [0, 0.05) is 35.4 Å². The van der Waals surface area contributed by atoms with Crippen LogP contribution in [0.15, 0.2) is 48.5 Å². The van der Waals surface area contributed by atoms with E-state index in [-0.39, 0.29) is 11.8 Å². The zero-order valence-corrected chi connectivity index (χ0v) is 14.7. The molecule has 2 aromatic rings. The molecular formula is C20H23ClN2O. The van der Waals surface area contributed by atoms with Crippen LogP contribution in [0.1, 0.15) is 25.3 Å². The lowest BCUT2D eigenvalue weighted by Crippen LogP contribution is -2.38. The molecule has 1 amide bonds. The highest BCUT2D eigenvalue weighted by Crippen LogP contribution is 2.26. The van der Waals surface area contributed by atoms with E-state index in [2.05, 4.69) is 35.3 Å². The smallest absolute Gasteiger partial charge is 0.227 e. The number of carbonyl (C=O) groups is 1. The van der Waals surface area contributed by atoms with Crippen LogP contribution in [0.25, 0.3) is 0 Å². The van der Waals surface area contributed by atoms with Gasteiger partial charge in [0.1, 0.15) is 0 Å². The monoisotopic (exact) mass is 342 g/mol. The number of hydrogen-bond donors (Lipinski definition) is 1. The van der Waals surface area contributed by atoms with Crippen LogP contribution in [-0.4, -0.2) is 19.0 Å². The van der Waals surface area contributed by atoms with E-state index in [0.29, 0.717) is 0 Å². The van der Waals surface area contributed by atoms with Gasteiger partial charge in [-0.1, -0.05) is 36.7 Å². The number of amides is 1. The van der Waals surface area contributed by atoms with E-state index in [1.165, 1.54) is 5.56 Å². The Balaban J connectivity index is 1.54. The molecule has 0 aromatic heterocycles. The maximum atomic E-state index is 12.5. The van der Waals surface area contributed by atoms with Gasteiger partial charge in [0.15, 0.2) is 0 Å². The highest BCUT2D eigenvalue weighted by Gasteiger charge is 2.25. The third-order valence-electron chi connectivity index (χ3n) is 4.67. The average Bonchev–Trinajstić information content (AvgIpc) is 2.62. The molecule has 0 atom stereocenters. The van der Waals surface area contributed by atoms with Gasteiger partial charge in [-0.05, 0) is 55.2 Å². The van der Waals surface area contributed by atoms with Crippen molar-refractivity contribution in [1.29, 1.82) is 0 Å². The first-order valence-electron chi connectivity index (χ1n) is 8.56. The summed E-state index contributed by atoms with van der Waals surface area (Å²) >= 11 is 6.06. The number of halogens is 1. The van der Waals surface area contributed by atoms with Crippen molar-refractivity contribution in [1.82, 2.24) is 0 Å². The molecule has 4 heteroatoms. The number of benzene rings is 2. The Kier molecular flexibility index (Phi) is 5.41. The molecule has 0 unspecified atom stereocenters. The molecule has 0 aliphatic carbocycles. The molecule has 1 saturated heterocycles. The fourth-order valence-corrected chi connectivity index (χ4v) is 3.33. The molecule has 3 rings (SSSR count). The number of piperidine rings is 1. The molecule has 1 aliphatic heterocycles. The summed E-state index contributed by atoms with van der Waals surface area (Å²) in [6, 6.07) is 16.0. The first-order chi connectivity index (χ1) is 11.7. The molecule has 1 fully saturated rings. The van der Waals surface area contributed by atoms with Crippen LogP contribution in [0.3, 0.4) is 0 Å². The first kappa shape index (κ1) is 16.8. The van der Waals surface area contributed by atoms with Crippen LogP contribution >= 0.6 is 11.6 Å². The fraction of sp³-hybridized carbons (Fsp3) is 0.350. The summed E-state index contributed by atoms with van der Waals surface area (Å²) in [5, 5.41) is 3.80. The lowest BCUT2D eigenvalue weighted by atomic mass is 9.95. The Morgan fingerprint density at radius 2 is 1.88 bits per heavy atom. The number of aryl methyl sites for hydroxylation is 1. The van der Waals surface area contributed by atoms with E-state index < -0.39 is 0 Å². The third-order valence-corrected chi connectivity index (χ3v) is 4.90. The second-order valence-corrected chi connectivity index (χ2v) is 6.72. The number of carbonyl (C=O) groups excluding carboxylic acids is 1. The van der Waals surface area contributed by atoms with Gasteiger partial charge in [-0.25, -0.2) is 0 Å². The Hall–Kier alpha value is -2.00. The Bertz CT molecular complexity index is 691. The van der Waals surface area contributed by atoms with Crippen molar-refractivity contribution in [2.45, 2.75) is 26.2 Å². The predicted molar refractivity (Wildman–Crippen MR) is 101 cm³/mol. The van der Waals surface area contributed by atoms with Gasteiger partial charge in [0.2, 0.25) is 5.91 Å². The molecule has 24 heavy (non-hydrogen) atoms. The predicted octanol–water partition coefficient (Wildman–Crippen LogP) is 4.76. The summed E-state index contributed by atoms with van der Waals surface area (Å²) in [7, 11) is 0. The molecular weight excluding hydrogens is 320 g/mol. The minimum atomic E-state index is 0.0753. The highest BCUT2D eigenvalue weighted by atomic mass is 35.5. The molecule has 0 radical (unpaired) electrons. The zero-order chi connectivity index (χ0) is 16.9. The Labute approximate surface area is 148 Å². The summed E-state index contributed by atoms with van der Waals surface area (Å²) in [5.74, 6) is 0.205. The maximum absolute atomic E-state index is 12.5. The van der Waals surface area contributed by atoms with Gasteiger partial charge in [-0.15, -0.1) is 0 Å². The van der Waals surface area contributed by atoms with Crippen LogP contribution in [-0.2, 0) is 11.2 Å². The average molecular weight is 343 g/mol.